The lowest BCUT2D eigenvalue weighted by atomic mass is 10.2. The van der Waals surface area contributed by atoms with Crippen LogP contribution in [0.15, 0.2) is 22.7 Å². The molecule has 1 aromatic heterocycles. The van der Waals surface area contributed by atoms with E-state index in [9.17, 15) is 9.59 Å². The van der Waals surface area contributed by atoms with Crippen molar-refractivity contribution >= 4 is 11.9 Å². The van der Waals surface area contributed by atoms with Crippen molar-refractivity contribution in [2.24, 2.45) is 0 Å². The van der Waals surface area contributed by atoms with Crippen molar-refractivity contribution in [3.05, 3.63) is 40.8 Å². The van der Waals surface area contributed by atoms with Crippen LogP contribution in [0.25, 0.3) is 0 Å². The second-order valence-corrected chi connectivity index (χ2v) is 5.49. The molecule has 1 amide bonds. The maximum absolute atomic E-state index is 12.0. The van der Waals surface area contributed by atoms with Crippen LogP contribution in [-0.2, 0) is 16.1 Å². The number of aryl methyl sites for hydroxylation is 2. The highest BCUT2D eigenvalue weighted by Crippen LogP contribution is 2.29. The van der Waals surface area contributed by atoms with Gasteiger partial charge in [0.2, 0.25) is 0 Å². The minimum atomic E-state index is -0.619. The van der Waals surface area contributed by atoms with Gasteiger partial charge in [-0.15, -0.1) is 0 Å². The Morgan fingerprint density at radius 3 is 2.62 bits per heavy atom. The molecule has 8 heteroatoms. The number of rotatable bonds is 8. The van der Waals surface area contributed by atoms with Crippen LogP contribution in [0.5, 0.6) is 11.5 Å². The van der Waals surface area contributed by atoms with Gasteiger partial charge in [-0.3, -0.25) is 4.79 Å². The lowest BCUT2D eigenvalue weighted by Crippen LogP contribution is -2.28. The Labute approximate surface area is 151 Å². The number of esters is 1. The molecular formula is C18H22N2O6. The number of hydrogen-bond donors (Lipinski definition) is 1. The highest BCUT2D eigenvalue weighted by molar-refractivity contribution is 5.92. The third-order valence-electron chi connectivity index (χ3n) is 3.66. The summed E-state index contributed by atoms with van der Waals surface area (Å²) in [4.78, 5) is 23.4. The van der Waals surface area contributed by atoms with Gasteiger partial charge >= 0.3 is 5.97 Å². The second kappa shape index (κ2) is 8.89. The Hall–Kier alpha value is -3.03. The Morgan fingerprint density at radius 1 is 1.23 bits per heavy atom. The Balaban J connectivity index is 2.04. The van der Waals surface area contributed by atoms with E-state index < -0.39 is 5.97 Å². The van der Waals surface area contributed by atoms with Crippen molar-refractivity contribution in [1.29, 1.82) is 0 Å². The summed E-state index contributed by atoms with van der Waals surface area (Å²) >= 11 is 0. The quantitative estimate of drug-likeness (QED) is 0.718. The van der Waals surface area contributed by atoms with E-state index in [1.807, 2.05) is 13.8 Å². The van der Waals surface area contributed by atoms with Crippen LogP contribution in [0.2, 0.25) is 0 Å². The molecule has 8 nitrogen and oxygen atoms in total. The van der Waals surface area contributed by atoms with E-state index in [1.54, 1.807) is 19.1 Å². The number of methoxy groups -OCH3 is 1. The number of benzene rings is 1. The summed E-state index contributed by atoms with van der Waals surface area (Å²) < 4.78 is 21.1. The van der Waals surface area contributed by atoms with Crippen molar-refractivity contribution in [2.75, 3.05) is 20.3 Å². The molecule has 0 saturated carbocycles. The van der Waals surface area contributed by atoms with Gasteiger partial charge in [-0.2, -0.15) is 0 Å². The highest BCUT2D eigenvalue weighted by Gasteiger charge is 2.15. The number of nitrogens with zero attached hydrogens (tertiary/aromatic N) is 1. The number of carbonyl (C=O) groups is 2. The summed E-state index contributed by atoms with van der Waals surface area (Å²) in [5.74, 6) is 0.558. The van der Waals surface area contributed by atoms with Gasteiger partial charge in [0.05, 0.1) is 23.9 Å². The zero-order valence-electron chi connectivity index (χ0n) is 15.3. The molecule has 0 aliphatic rings. The average molecular weight is 362 g/mol. The standard InChI is InChI=1S/C18H22N2O6/c1-5-19-17(21)10-25-18(22)13-6-7-15(16(8-13)23-4)24-9-14-11(2)20-26-12(14)3/h6-8H,5,9-10H2,1-4H3,(H,19,21). The Kier molecular flexibility index (Phi) is 6.60. The van der Waals surface area contributed by atoms with Crippen molar-refractivity contribution < 1.29 is 28.3 Å². The van der Waals surface area contributed by atoms with Crippen molar-refractivity contribution in [1.82, 2.24) is 10.5 Å². The van der Waals surface area contributed by atoms with Crippen molar-refractivity contribution in [3.63, 3.8) is 0 Å². The van der Waals surface area contributed by atoms with E-state index in [0.717, 1.165) is 11.3 Å². The molecule has 1 N–H and O–H groups in total. The fourth-order valence-corrected chi connectivity index (χ4v) is 2.23. The minimum Gasteiger partial charge on any atom is -0.493 e. The van der Waals surface area contributed by atoms with E-state index in [4.69, 9.17) is 18.7 Å². The van der Waals surface area contributed by atoms with E-state index in [-0.39, 0.29) is 24.7 Å². The van der Waals surface area contributed by atoms with Gasteiger partial charge in [0, 0.05) is 6.54 Å². The van der Waals surface area contributed by atoms with Gasteiger partial charge in [0.1, 0.15) is 12.4 Å². The van der Waals surface area contributed by atoms with E-state index in [2.05, 4.69) is 10.5 Å². The highest BCUT2D eigenvalue weighted by atomic mass is 16.5. The van der Waals surface area contributed by atoms with Crippen LogP contribution in [0.3, 0.4) is 0 Å². The third-order valence-corrected chi connectivity index (χ3v) is 3.66. The molecule has 0 aliphatic heterocycles. The molecule has 0 spiro atoms. The molecule has 2 aromatic rings. The summed E-state index contributed by atoms with van der Waals surface area (Å²) in [6.45, 7) is 5.83. The molecule has 0 aliphatic carbocycles. The number of ether oxygens (including phenoxy) is 3. The number of amides is 1. The van der Waals surface area contributed by atoms with Gasteiger partial charge in [-0.25, -0.2) is 4.79 Å². The first-order valence-corrected chi connectivity index (χ1v) is 8.12. The molecule has 0 bridgehead atoms. The summed E-state index contributed by atoms with van der Waals surface area (Å²) in [6, 6.07) is 4.66. The lowest BCUT2D eigenvalue weighted by molar-refractivity contribution is -0.124. The largest absolute Gasteiger partial charge is 0.493 e. The third kappa shape index (κ3) is 4.75. The maximum Gasteiger partial charge on any atom is 0.338 e. The smallest absolute Gasteiger partial charge is 0.338 e. The SMILES string of the molecule is CCNC(=O)COC(=O)c1ccc(OCc2c(C)noc2C)c(OC)c1. The first kappa shape index (κ1) is 19.3. The number of aromatic nitrogens is 1. The van der Waals surface area contributed by atoms with Crippen LogP contribution >= 0.6 is 0 Å². The zero-order valence-corrected chi connectivity index (χ0v) is 15.3. The fourth-order valence-electron chi connectivity index (χ4n) is 2.23. The summed E-state index contributed by atoms with van der Waals surface area (Å²) in [5, 5.41) is 6.43. The van der Waals surface area contributed by atoms with Crippen molar-refractivity contribution in [2.45, 2.75) is 27.4 Å². The van der Waals surface area contributed by atoms with Gasteiger partial charge in [-0.1, -0.05) is 5.16 Å². The topological polar surface area (TPSA) is 99.9 Å². The first-order valence-electron chi connectivity index (χ1n) is 8.12. The van der Waals surface area contributed by atoms with Crippen molar-refractivity contribution in [3.8, 4) is 11.5 Å². The van der Waals surface area contributed by atoms with Crippen LogP contribution in [0.1, 0.15) is 34.3 Å². The van der Waals surface area contributed by atoms with Gasteiger partial charge in [0.25, 0.3) is 5.91 Å². The molecular weight excluding hydrogens is 340 g/mol. The molecule has 2 rings (SSSR count). The van der Waals surface area contributed by atoms with E-state index in [1.165, 1.54) is 13.2 Å². The predicted molar refractivity (Wildman–Crippen MR) is 92.3 cm³/mol. The molecule has 0 atom stereocenters. The summed E-state index contributed by atoms with van der Waals surface area (Å²) in [7, 11) is 1.47. The number of hydrogen-bond acceptors (Lipinski definition) is 7. The number of nitrogens with one attached hydrogen (secondary N) is 1. The Bertz CT molecular complexity index is 764. The van der Waals surface area contributed by atoms with Gasteiger partial charge in [0.15, 0.2) is 18.1 Å². The molecule has 0 unspecified atom stereocenters. The van der Waals surface area contributed by atoms with Crippen LogP contribution in [-0.4, -0.2) is 37.3 Å². The number of carbonyl (C=O) groups excluding carboxylic acids is 2. The average Bonchev–Trinajstić information content (AvgIpc) is 2.96. The molecule has 0 saturated heterocycles. The minimum absolute atomic E-state index is 0.260. The molecule has 1 aromatic carbocycles. The molecule has 1 heterocycles. The normalized spacial score (nSPS) is 10.3. The second-order valence-electron chi connectivity index (χ2n) is 5.49. The van der Waals surface area contributed by atoms with Crippen LogP contribution in [0.4, 0.5) is 0 Å². The van der Waals surface area contributed by atoms with Gasteiger partial charge in [-0.05, 0) is 39.0 Å². The summed E-state index contributed by atoms with van der Waals surface area (Å²) in [5.41, 5.74) is 1.88. The van der Waals surface area contributed by atoms with E-state index >= 15 is 0 Å². The lowest BCUT2D eigenvalue weighted by Gasteiger charge is -2.12. The first-order chi connectivity index (χ1) is 12.5. The fraction of sp³-hybridized carbons (Fsp3) is 0.389. The maximum atomic E-state index is 12.0. The number of likely N-dealkylation sites (N-methyl/N-ethyl adjacent to an activating group) is 1. The molecule has 140 valence electrons. The van der Waals surface area contributed by atoms with Crippen LogP contribution in [0, 0.1) is 13.8 Å². The molecule has 0 fully saturated rings. The summed E-state index contributed by atoms with van der Waals surface area (Å²) in [6.07, 6.45) is 0. The van der Waals surface area contributed by atoms with E-state index in [0.29, 0.717) is 23.8 Å². The van der Waals surface area contributed by atoms with Gasteiger partial charge < -0.3 is 24.1 Å². The van der Waals surface area contributed by atoms with Crippen LogP contribution < -0.4 is 14.8 Å². The zero-order chi connectivity index (χ0) is 19.1. The predicted octanol–water partition coefficient (Wildman–Crippen LogP) is 2.17. The molecule has 0 radical (unpaired) electrons. The molecule has 26 heavy (non-hydrogen) atoms. The Morgan fingerprint density at radius 2 is 2.00 bits per heavy atom. The monoisotopic (exact) mass is 362 g/mol.